The lowest BCUT2D eigenvalue weighted by Crippen LogP contribution is -2.29. The summed E-state index contributed by atoms with van der Waals surface area (Å²) in [5.74, 6) is 0.697. The molecular weight excluding hydrogens is 232 g/mol. The highest BCUT2D eigenvalue weighted by atomic mass is 16.5. The number of hydrogen-bond acceptors (Lipinski definition) is 5. The summed E-state index contributed by atoms with van der Waals surface area (Å²) in [7, 11) is 1.67. The summed E-state index contributed by atoms with van der Waals surface area (Å²) in [6, 6.07) is 1.87. The second-order valence-electron chi connectivity index (χ2n) is 4.05. The summed E-state index contributed by atoms with van der Waals surface area (Å²) in [6.45, 7) is 2.86. The zero-order chi connectivity index (χ0) is 12.8. The Labute approximate surface area is 106 Å². The molecule has 0 radical (unpaired) electrons. The number of aliphatic hydroxyl groups is 1. The molecule has 2 aromatic rings. The summed E-state index contributed by atoms with van der Waals surface area (Å²) < 4.78 is 6.95. The predicted octanol–water partition coefficient (Wildman–Crippen LogP) is 0.170. The van der Waals surface area contributed by atoms with E-state index in [1.54, 1.807) is 13.3 Å². The first-order valence-corrected chi connectivity index (χ1v) is 5.94. The Balaban J connectivity index is 2.05. The van der Waals surface area contributed by atoms with Gasteiger partial charge in [-0.3, -0.25) is 9.30 Å². The van der Waals surface area contributed by atoms with Crippen molar-refractivity contribution < 1.29 is 9.84 Å². The van der Waals surface area contributed by atoms with Crippen molar-refractivity contribution in [3.63, 3.8) is 0 Å². The fraction of sp³-hybridized carbons (Fsp3) is 0.500. The molecule has 0 fully saturated rings. The lowest BCUT2D eigenvalue weighted by molar-refractivity contribution is 0.126. The lowest BCUT2D eigenvalue weighted by Gasteiger charge is -2.19. The van der Waals surface area contributed by atoms with Gasteiger partial charge in [-0.1, -0.05) is 0 Å². The fourth-order valence-electron chi connectivity index (χ4n) is 1.82. The number of methoxy groups -OCH3 is 1. The Kier molecular flexibility index (Phi) is 4.63. The topological polar surface area (TPSA) is 62.9 Å². The Morgan fingerprint density at radius 2 is 2.33 bits per heavy atom. The van der Waals surface area contributed by atoms with Gasteiger partial charge in [-0.15, -0.1) is 0 Å². The van der Waals surface area contributed by atoms with E-state index >= 15 is 0 Å². The van der Waals surface area contributed by atoms with Crippen LogP contribution in [0.15, 0.2) is 24.7 Å². The maximum atomic E-state index is 9.03. The number of nitrogens with zero attached hydrogens (tertiary/aromatic N) is 4. The van der Waals surface area contributed by atoms with Crippen LogP contribution in [0.4, 0.5) is 0 Å². The van der Waals surface area contributed by atoms with E-state index in [4.69, 9.17) is 9.84 Å². The second kappa shape index (κ2) is 6.44. The van der Waals surface area contributed by atoms with E-state index in [9.17, 15) is 0 Å². The first kappa shape index (κ1) is 12.9. The van der Waals surface area contributed by atoms with Gasteiger partial charge in [0.05, 0.1) is 18.9 Å². The zero-order valence-corrected chi connectivity index (χ0v) is 10.5. The molecule has 0 aliphatic carbocycles. The van der Waals surface area contributed by atoms with Crippen molar-refractivity contribution in [2.75, 3.05) is 33.4 Å². The van der Waals surface area contributed by atoms with Gasteiger partial charge >= 0.3 is 0 Å². The Bertz CT molecular complexity index is 453. The SMILES string of the molecule is COCCN(CCO)Cc1cn2cccnc2n1. The molecule has 0 bridgehead atoms. The quantitative estimate of drug-likeness (QED) is 0.759. The van der Waals surface area contributed by atoms with Gasteiger partial charge in [-0.25, -0.2) is 9.97 Å². The first-order valence-electron chi connectivity index (χ1n) is 5.94. The Hall–Kier alpha value is -1.50. The van der Waals surface area contributed by atoms with E-state index in [0.717, 1.165) is 12.2 Å². The van der Waals surface area contributed by atoms with Gasteiger partial charge in [0, 0.05) is 45.3 Å². The molecular formula is C12H18N4O2. The average Bonchev–Trinajstić information content (AvgIpc) is 2.78. The molecule has 0 spiro atoms. The van der Waals surface area contributed by atoms with E-state index in [1.807, 2.05) is 22.9 Å². The third-order valence-electron chi connectivity index (χ3n) is 2.70. The van der Waals surface area contributed by atoms with Gasteiger partial charge in [-0.2, -0.15) is 0 Å². The monoisotopic (exact) mass is 250 g/mol. The molecule has 6 nitrogen and oxygen atoms in total. The van der Waals surface area contributed by atoms with Crippen molar-refractivity contribution in [2.45, 2.75) is 6.54 Å². The van der Waals surface area contributed by atoms with Crippen molar-refractivity contribution in [3.05, 3.63) is 30.4 Å². The van der Waals surface area contributed by atoms with Gasteiger partial charge in [0.1, 0.15) is 0 Å². The van der Waals surface area contributed by atoms with Crippen molar-refractivity contribution >= 4 is 5.78 Å². The molecule has 0 atom stereocenters. The van der Waals surface area contributed by atoms with Crippen LogP contribution >= 0.6 is 0 Å². The molecule has 0 unspecified atom stereocenters. The lowest BCUT2D eigenvalue weighted by atomic mass is 10.4. The van der Waals surface area contributed by atoms with E-state index in [0.29, 0.717) is 25.5 Å². The van der Waals surface area contributed by atoms with Crippen LogP contribution in [0.3, 0.4) is 0 Å². The normalized spacial score (nSPS) is 11.5. The number of hydrogen-bond donors (Lipinski definition) is 1. The molecule has 2 rings (SSSR count). The van der Waals surface area contributed by atoms with Gasteiger partial charge in [0.25, 0.3) is 0 Å². The Morgan fingerprint density at radius 1 is 1.44 bits per heavy atom. The van der Waals surface area contributed by atoms with Gasteiger partial charge in [-0.05, 0) is 6.07 Å². The summed E-state index contributed by atoms with van der Waals surface area (Å²) in [4.78, 5) is 10.7. The predicted molar refractivity (Wildman–Crippen MR) is 67.2 cm³/mol. The molecule has 1 N–H and O–H groups in total. The molecule has 0 saturated carbocycles. The van der Waals surface area contributed by atoms with Crippen LogP contribution in [-0.4, -0.2) is 57.8 Å². The molecule has 0 aliphatic rings. The molecule has 0 saturated heterocycles. The maximum absolute atomic E-state index is 9.03. The van der Waals surface area contributed by atoms with E-state index < -0.39 is 0 Å². The molecule has 18 heavy (non-hydrogen) atoms. The third-order valence-corrected chi connectivity index (χ3v) is 2.70. The van der Waals surface area contributed by atoms with Crippen molar-refractivity contribution in [1.82, 2.24) is 19.3 Å². The minimum absolute atomic E-state index is 0.134. The van der Waals surface area contributed by atoms with Crippen molar-refractivity contribution in [1.29, 1.82) is 0 Å². The number of rotatable bonds is 7. The number of imidazole rings is 1. The van der Waals surface area contributed by atoms with Gasteiger partial charge in [0.15, 0.2) is 0 Å². The molecule has 2 aromatic heterocycles. The van der Waals surface area contributed by atoms with Crippen LogP contribution in [0.2, 0.25) is 0 Å². The number of fused-ring (bicyclic) bond motifs is 1. The summed E-state index contributed by atoms with van der Waals surface area (Å²) in [5.41, 5.74) is 0.943. The Morgan fingerprint density at radius 3 is 3.06 bits per heavy atom. The van der Waals surface area contributed by atoms with E-state index in [-0.39, 0.29) is 6.61 Å². The zero-order valence-electron chi connectivity index (χ0n) is 10.5. The van der Waals surface area contributed by atoms with Gasteiger partial charge < -0.3 is 9.84 Å². The largest absolute Gasteiger partial charge is 0.395 e. The van der Waals surface area contributed by atoms with E-state index in [1.165, 1.54) is 0 Å². The smallest absolute Gasteiger partial charge is 0.233 e. The molecule has 2 heterocycles. The van der Waals surface area contributed by atoms with Crippen LogP contribution in [0.1, 0.15) is 5.69 Å². The van der Waals surface area contributed by atoms with Gasteiger partial charge in [0.2, 0.25) is 5.78 Å². The standard InChI is InChI=1S/C12H18N4O2/c1-18-8-6-15(5-7-17)9-11-10-16-4-2-3-13-12(16)14-11/h2-4,10,17H,5-9H2,1H3. The first-order chi connectivity index (χ1) is 8.83. The third kappa shape index (κ3) is 3.25. The molecule has 6 heteroatoms. The minimum Gasteiger partial charge on any atom is -0.395 e. The number of aliphatic hydroxyl groups excluding tert-OH is 1. The van der Waals surface area contributed by atoms with Crippen molar-refractivity contribution in [3.8, 4) is 0 Å². The molecule has 0 aliphatic heterocycles. The number of aromatic nitrogens is 3. The molecule has 98 valence electrons. The van der Waals surface area contributed by atoms with Crippen LogP contribution in [-0.2, 0) is 11.3 Å². The van der Waals surface area contributed by atoms with Crippen LogP contribution in [0.25, 0.3) is 5.78 Å². The summed E-state index contributed by atoms with van der Waals surface area (Å²) in [5, 5.41) is 9.03. The van der Waals surface area contributed by atoms with Crippen LogP contribution < -0.4 is 0 Å². The highest BCUT2D eigenvalue weighted by molar-refractivity contribution is 5.29. The number of ether oxygens (including phenoxy) is 1. The maximum Gasteiger partial charge on any atom is 0.233 e. The van der Waals surface area contributed by atoms with Crippen molar-refractivity contribution in [2.24, 2.45) is 0 Å². The second-order valence-corrected chi connectivity index (χ2v) is 4.05. The molecule has 0 aromatic carbocycles. The minimum atomic E-state index is 0.134. The van der Waals surface area contributed by atoms with E-state index in [2.05, 4.69) is 14.9 Å². The summed E-state index contributed by atoms with van der Waals surface area (Å²) in [6.07, 6.45) is 5.60. The highest BCUT2D eigenvalue weighted by Crippen LogP contribution is 2.05. The highest BCUT2D eigenvalue weighted by Gasteiger charge is 2.08. The average molecular weight is 250 g/mol. The van der Waals surface area contributed by atoms with Crippen LogP contribution in [0, 0.1) is 0 Å². The summed E-state index contributed by atoms with van der Waals surface area (Å²) >= 11 is 0. The molecule has 0 amide bonds. The fourth-order valence-corrected chi connectivity index (χ4v) is 1.82. The van der Waals surface area contributed by atoms with Crippen LogP contribution in [0.5, 0.6) is 0 Å².